The van der Waals surface area contributed by atoms with Crippen molar-refractivity contribution in [1.82, 2.24) is 20.2 Å². The van der Waals surface area contributed by atoms with Gasteiger partial charge in [-0.05, 0) is 24.3 Å². The van der Waals surface area contributed by atoms with Crippen LogP contribution < -0.4 is 5.32 Å². The van der Waals surface area contributed by atoms with Crippen LogP contribution in [0.25, 0.3) is 0 Å². The molecule has 0 atom stereocenters. The third-order valence-electron chi connectivity index (χ3n) is 2.93. The summed E-state index contributed by atoms with van der Waals surface area (Å²) < 4.78 is 0. The van der Waals surface area contributed by atoms with Crippen molar-refractivity contribution in [3.63, 3.8) is 0 Å². The number of nitrogens with zero attached hydrogens (tertiary/aromatic N) is 3. The van der Waals surface area contributed by atoms with E-state index in [4.69, 9.17) is 5.11 Å². The van der Waals surface area contributed by atoms with Gasteiger partial charge in [-0.25, -0.2) is 4.79 Å². The van der Waals surface area contributed by atoms with E-state index in [1.165, 1.54) is 0 Å². The molecule has 0 fully saturated rings. The van der Waals surface area contributed by atoms with E-state index < -0.39 is 6.09 Å². The smallest absolute Gasteiger partial charge is 0.404 e. The minimum Gasteiger partial charge on any atom is -0.465 e. The molecule has 0 aromatic carbocycles. The molecule has 0 saturated heterocycles. The Morgan fingerprint density at radius 1 is 1.05 bits per heavy atom. The second kappa shape index (κ2) is 7.96. The molecule has 1 amide bonds. The van der Waals surface area contributed by atoms with Gasteiger partial charge in [0.25, 0.3) is 0 Å². The van der Waals surface area contributed by atoms with Crippen molar-refractivity contribution in [2.75, 3.05) is 13.1 Å². The standard InChI is InChI=1S/C15H18N4O2/c20-15(21)18-9-10-19(11-13-5-1-3-7-16-13)12-14-6-2-4-8-17-14/h1-8,18H,9-12H2,(H,20,21). The van der Waals surface area contributed by atoms with Crippen molar-refractivity contribution >= 4 is 6.09 Å². The number of nitrogens with one attached hydrogen (secondary N) is 1. The van der Waals surface area contributed by atoms with Crippen LogP contribution in [0.3, 0.4) is 0 Å². The Bertz CT molecular complexity index is 507. The third-order valence-corrected chi connectivity index (χ3v) is 2.93. The van der Waals surface area contributed by atoms with Crippen LogP contribution in [0.5, 0.6) is 0 Å². The van der Waals surface area contributed by atoms with Gasteiger partial charge < -0.3 is 10.4 Å². The van der Waals surface area contributed by atoms with Gasteiger partial charge in [0.15, 0.2) is 0 Å². The molecule has 6 nitrogen and oxygen atoms in total. The lowest BCUT2D eigenvalue weighted by atomic mass is 10.3. The molecule has 2 aromatic heterocycles. The van der Waals surface area contributed by atoms with E-state index in [0.29, 0.717) is 26.2 Å². The highest BCUT2D eigenvalue weighted by molar-refractivity contribution is 5.64. The van der Waals surface area contributed by atoms with Crippen LogP contribution in [-0.4, -0.2) is 39.2 Å². The molecule has 0 aliphatic heterocycles. The van der Waals surface area contributed by atoms with Crippen molar-refractivity contribution in [3.05, 3.63) is 60.2 Å². The molecular formula is C15H18N4O2. The first-order chi connectivity index (χ1) is 10.2. The van der Waals surface area contributed by atoms with E-state index in [1.54, 1.807) is 12.4 Å². The Morgan fingerprint density at radius 2 is 1.62 bits per heavy atom. The molecule has 2 aromatic rings. The number of rotatable bonds is 7. The Morgan fingerprint density at radius 3 is 2.05 bits per heavy atom. The molecule has 0 bridgehead atoms. The molecule has 0 saturated carbocycles. The maximum atomic E-state index is 10.5. The second-order valence-corrected chi connectivity index (χ2v) is 4.58. The van der Waals surface area contributed by atoms with Gasteiger partial charge in [-0.3, -0.25) is 14.9 Å². The number of carboxylic acid groups (broad SMARTS) is 1. The Balaban J connectivity index is 1.97. The zero-order valence-electron chi connectivity index (χ0n) is 11.6. The molecule has 0 spiro atoms. The molecule has 6 heteroatoms. The fourth-order valence-electron chi connectivity index (χ4n) is 1.98. The summed E-state index contributed by atoms with van der Waals surface area (Å²) in [4.78, 5) is 21.3. The van der Waals surface area contributed by atoms with E-state index in [0.717, 1.165) is 11.4 Å². The number of aromatic nitrogens is 2. The fourth-order valence-corrected chi connectivity index (χ4v) is 1.98. The average molecular weight is 286 g/mol. The normalized spacial score (nSPS) is 10.5. The Hall–Kier alpha value is -2.47. The summed E-state index contributed by atoms with van der Waals surface area (Å²) in [6.45, 7) is 2.27. The number of hydrogen-bond acceptors (Lipinski definition) is 4. The molecule has 110 valence electrons. The first-order valence-electron chi connectivity index (χ1n) is 6.73. The maximum Gasteiger partial charge on any atom is 0.404 e. The first-order valence-corrected chi connectivity index (χ1v) is 6.73. The molecular weight excluding hydrogens is 268 g/mol. The maximum absolute atomic E-state index is 10.5. The zero-order chi connectivity index (χ0) is 14.9. The van der Waals surface area contributed by atoms with Crippen molar-refractivity contribution in [2.45, 2.75) is 13.1 Å². The summed E-state index contributed by atoms with van der Waals surface area (Å²) in [5.41, 5.74) is 1.90. The van der Waals surface area contributed by atoms with Crippen molar-refractivity contribution < 1.29 is 9.90 Å². The molecule has 0 unspecified atom stereocenters. The number of carbonyl (C=O) groups is 1. The summed E-state index contributed by atoms with van der Waals surface area (Å²) in [6, 6.07) is 11.5. The van der Waals surface area contributed by atoms with E-state index in [-0.39, 0.29) is 0 Å². The molecule has 2 heterocycles. The predicted octanol–water partition coefficient (Wildman–Crippen LogP) is 1.75. The van der Waals surface area contributed by atoms with E-state index in [2.05, 4.69) is 20.2 Å². The third kappa shape index (κ3) is 5.58. The number of pyridine rings is 2. The van der Waals surface area contributed by atoms with E-state index in [1.807, 2.05) is 36.4 Å². The number of amides is 1. The van der Waals surface area contributed by atoms with Crippen LogP contribution in [0.4, 0.5) is 4.79 Å². The molecule has 0 aliphatic carbocycles. The number of hydrogen-bond donors (Lipinski definition) is 2. The quantitative estimate of drug-likeness (QED) is 0.810. The van der Waals surface area contributed by atoms with Crippen molar-refractivity contribution in [1.29, 1.82) is 0 Å². The van der Waals surface area contributed by atoms with E-state index >= 15 is 0 Å². The predicted molar refractivity (Wildman–Crippen MR) is 78.6 cm³/mol. The van der Waals surface area contributed by atoms with Gasteiger partial charge in [-0.15, -0.1) is 0 Å². The monoisotopic (exact) mass is 286 g/mol. The highest BCUT2D eigenvalue weighted by atomic mass is 16.4. The van der Waals surface area contributed by atoms with Gasteiger partial charge in [0, 0.05) is 38.6 Å². The van der Waals surface area contributed by atoms with Crippen LogP contribution in [-0.2, 0) is 13.1 Å². The minimum absolute atomic E-state index is 0.370. The lowest BCUT2D eigenvalue weighted by molar-refractivity contribution is 0.189. The van der Waals surface area contributed by atoms with Crippen molar-refractivity contribution in [2.24, 2.45) is 0 Å². The summed E-state index contributed by atoms with van der Waals surface area (Å²) in [5.74, 6) is 0. The zero-order valence-corrected chi connectivity index (χ0v) is 11.6. The summed E-state index contributed by atoms with van der Waals surface area (Å²) in [5, 5.41) is 11.0. The molecule has 2 rings (SSSR count). The van der Waals surface area contributed by atoms with Crippen LogP contribution in [0.15, 0.2) is 48.8 Å². The van der Waals surface area contributed by atoms with Gasteiger partial charge in [0.2, 0.25) is 0 Å². The second-order valence-electron chi connectivity index (χ2n) is 4.58. The fraction of sp³-hybridized carbons (Fsp3) is 0.267. The lowest BCUT2D eigenvalue weighted by Gasteiger charge is -2.21. The van der Waals surface area contributed by atoms with Gasteiger partial charge >= 0.3 is 6.09 Å². The van der Waals surface area contributed by atoms with Gasteiger partial charge in [-0.2, -0.15) is 0 Å². The van der Waals surface area contributed by atoms with E-state index in [9.17, 15) is 4.79 Å². The lowest BCUT2D eigenvalue weighted by Crippen LogP contribution is -2.34. The molecule has 21 heavy (non-hydrogen) atoms. The first kappa shape index (κ1) is 14.9. The minimum atomic E-state index is -1.01. The van der Waals surface area contributed by atoms with Gasteiger partial charge in [-0.1, -0.05) is 12.1 Å². The average Bonchev–Trinajstić information content (AvgIpc) is 2.49. The summed E-state index contributed by atoms with van der Waals surface area (Å²) in [6.07, 6.45) is 2.50. The molecule has 0 aliphatic rings. The Labute approximate surface area is 123 Å². The summed E-state index contributed by atoms with van der Waals surface area (Å²) >= 11 is 0. The Kier molecular flexibility index (Phi) is 5.66. The van der Waals surface area contributed by atoms with Gasteiger partial charge in [0.1, 0.15) is 0 Å². The van der Waals surface area contributed by atoms with Crippen molar-refractivity contribution in [3.8, 4) is 0 Å². The molecule has 0 radical (unpaired) electrons. The van der Waals surface area contributed by atoms with Gasteiger partial charge in [0.05, 0.1) is 11.4 Å². The highest BCUT2D eigenvalue weighted by Crippen LogP contribution is 2.06. The van der Waals surface area contributed by atoms with Crippen LogP contribution in [0, 0.1) is 0 Å². The van der Waals surface area contributed by atoms with Crippen LogP contribution >= 0.6 is 0 Å². The topological polar surface area (TPSA) is 78.4 Å². The SMILES string of the molecule is O=C(O)NCCN(Cc1ccccn1)Cc1ccccn1. The highest BCUT2D eigenvalue weighted by Gasteiger charge is 2.09. The van der Waals surface area contributed by atoms with Crippen LogP contribution in [0.2, 0.25) is 0 Å². The van der Waals surface area contributed by atoms with Crippen LogP contribution in [0.1, 0.15) is 11.4 Å². The molecule has 2 N–H and O–H groups in total. The largest absolute Gasteiger partial charge is 0.465 e. The summed E-state index contributed by atoms with van der Waals surface area (Å²) in [7, 11) is 0.